The van der Waals surface area contributed by atoms with Gasteiger partial charge >= 0.3 is 5.97 Å². The van der Waals surface area contributed by atoms with Crippen molar-refractivity contribution < 1.29 is 19.1 Å². The minimum absolute atomic E-state index is 0.0791. The van der Waals surface area contributed by atoms with Gasteiger partial charge in [-0.15, -0.1) is 0 Å². The topological polar surface area (TPSA) is 57.6 Å². The van der Waals surface area contributed by atoms with E-state index in [1.54, 1.807) is 36.1 Å². The lowest BCUT2D eigenvalue weighted by Crippen LogP contribution is -2.37. The number of carboxylic acid groups (broad SMARTS) is 1. The van der Waals surface area contributed by atoms with Crippen LogP contribution in [0.25, 0.3) is 6.08 Å². The molecule has 0 aliphatic carbocycles. The number of carbonyl (C=O) groups excluding carboxylic acids is 1. The van der Waals surface area contributed by atoms with Crippen molar-refractivity contribution in [1.29, 1.82) is 0 Å². The van der Waals surface area contributed by atoms with E-state index in [0.29, 0.717) is 13.0 Å². The summed E-state index contributed by atoms with van der Waals surface area (Å²) in [6, 6.07) is 5.72. The van der Waals surface area contributed by atoms with Crippen molar-refractivity contribution in [3.8, 4) is 0 Å². The van der Waals surface area contributed by atoms with Gasteiger partial charge in [-0.2, -0.15) is 0 Å². The van der Waals surface area contributed by atoms with E-state index >= 15 is 0 Å². The lowest BCUT2D eigenvalue weighted by molar-refractivity contribution is -0.142. The minimum Gasteiger partial charge on any atom is -0.481 e. The quantitative estimate of drug-likeness (QED) is 0.927. The molecule has 21 heavy (non-hydrogen) atoms. The molecule has 2 rings (SSSR count). The highest BCUT2D eigenvalue weighted by Gasteiger charge is 2.37. The summed E-state index contributed by atoms with van der Waals surface area (Å²) < 4.78 is 12.8. The van der Waals surface area contributed by atoms with E-state index in [-0.39, 0.29) is 24.2 Å². The molecule has 0 bridgehead atoms. The third-order valence-electron chi connectivity index (χ3n) is 3.87. The van der Waals surface area contributed by atoms with Crippen LogP contribution in [0.1, 0.15) is 25.3 Å². The van der Waals surface area contributed by atoms with Crippen molar-refractivity contribution in [2.75, 3.05) is 6.54 Å². The summed E-state index contributed by atoms with van der Waals surface area (Å²) in [5, 5.41) is 9.05. The Bertz CT molecular complexity index is 553. The Labute approximate surface area is 122 Å². The number of likely N-dealkylation sites (tertiary alicyclic amines) is 1. The second kappa shape index (κ2) is 6.52. The smallest absolute Gasteiger partial charge is 0.308 e. The first-order valence-corrected chi connectivity index (χ1v) is 6.93. The first-order valence-electron chi connectivity index (χ1n) is 6.93. The third kappa shape index (κ3) is 3.68. The normalized spacial score (nSPS) is 21.9. The van der Waals surface area contributed by atoms with Gasteiger partial charge in [0.15, 0.2) is 0 Å². The predicted molar refractivity (Wildman–Crippen MR) is 77.0 cm³/mol. The molecule has 1 heterocycles. The maximum Gasteiger partial charge on any atom is 0.308 e. The van der Waals surface area contributed by atoms with Gasteiger partial charge in [0.1, 0.15) is 5.82 Å². The molecule has 1 fully saturated rings. The van der Waals surface area contributed by atoms with Gasteiger partial charge in [0.2, 0.25) is 5.91 Å². The Hall–Kier alpha value is -2.17. The highest BCUT2D eigenvalue weighted by molar-refractivity contribution is 5.81. The van der Waals surface area contributed by atoms with Gasteiger partial charge in [0, 0.05) is 19.0 Å². The van der Waals surface area contributed by atoms with Gasteiger partial charge in [-0.3, -0.25) is 9.59 Å². The fourth-order valence-electron chi connectivity index (χ4n) is 2.61. The van der Waals surface area contributed by atoms with E-state index in [2.05, 4.69) is 0 Å². The van der Waals surface area contributed by atoms with Crippen LogP contribution in [-0.2, 0) is 9.59 Å². The predicted octanol–water partition coefficient (Wildman–Crippen LogP) is 2.55. The Kier molecular flexibility index (Phi) is 4.73. The van der Waals surface area contributed by atoms with Crippen molar-refractivity contribution in [3.63, 3.8) is 0 Å². The van der Waals surface area contributed by atoms with E-state index in [9.17, 15) is 14.0 Å². The summed E-state index contributed by atoms with van der Waals surface area (Å²) in [4.78, 5) is 24.7. The summed E-state index contributed by atoms with van der Waals surface area (Å²) in [7, 11) is 0. The zero-order chi connectivity index (χ0) is 15.4. The van der Waals surface area contributed by atoms with Crippen LogP contribution in [0.4, 0.5) is 4.39 Å². The molecule has 0 saturated carbocycles. The standard InChI is InChI=1S/C16H18FNO3/c1-11-14(16(20)21)9-10-18(11)15(19)4-2-3-12-5-7-13(17)8-6-12/h2-3,5-8,11,14H,4,9-10H2,1H3,(H,20,21)/b3-2+. The molecule has 1 aromatic rings. The molecule has 112 valence electrons. The summed E-state index contributed by atoms with van der Waals surface area (Å²) in [6.45, 7) is 2.26. The second-order valence-corrected chi connectivity index (χ2v) is 5.22. The van der Waals surface area contributed by atoms with E-state index in [1.165, 1.54) is 12.1 Å². The zero-order valence-electron chi connectivity index (χ0n) is 11.8. The first-order chi connectivity index (χ1) is 9.99. The van der Waals surface area contributed by atoms with Crippen LogP contribution in [0.15, 0.2) is 30.3 Å². The van der Waals surface area contributed by atoms with E-state index in [4.69, 9.17) is 5.11 Å². The Morgan fingerprint density at radius 1 is 1.38 bits per heavy atom. The molecular formula is C16H18FNO3. The number of nitrogens with zero attached hydrogens (tertiary/aromatic N) is 1. The minimum atomic E-state index is -0.848. The lowest BCUT2D eigenvalue weighted by Gasteiger charge is -2.22. The molecule has 1 amide bonds. The average Bonchev–Trinajstić information content (AvgIpc) is 2.83. The van der Waals surface area contributed by atoms with Gasteiger partial charge in [0.05, 0.1) is 5.92 Å². The van der Waals surface area contributed by atoms with Crippen molar-refractivity contribution in [3.05, 3.63) is 41.7 Å². The number of rotatable bonds is 4. The van der Waals surface area contributed by atoms with Gasteiger partial charge in [-0.1, -0.05) is 24.3 Å². The molecule has 1 aliphatic heterocycles. The van der Waals surface area contributed by atoms with Crippen molar-refractivity contribution in [2.24, 2.45) is 5.92 Å². The summed E-state index contributed by atoms with van der Waals surface area (Å²) in [5.74, 6) is -1.70. The lowest BCUT2D eigenvalue weighted by atomic mass is 10.0. The van der Waals surface area contributed by atoms with Crippen LogP contribution in [0.5, 0.6) is 0 Å². The third-order valence-corrected chi connectivity index (χ3v) is 3.87. The van der Waals surface area contributed by atoms with Gasteiger partial charge in [0.25, 0.3) is 0 Å². The van der Waals surface area contributed by atoms with Crippen LogP contribution >= 0.6 is 0 Å². The highest BCUT2D eigenvalue weighted by atomic mass is 19.1. The van der Waals surface area contributed by atoms with Crippen LogP contribution in [0, 0.1) is 11.7 Å². The first kappa shape index (κ1) is 15.2. The van der Waals surface area contributed by atoms with E-state index in [1.807, 2.05) is 0 Å². The monoisotopic (exact) mass is 291 g/mol. The van der Waals surface area contributed by atoms with Crippen molar-refractivity contribution >= 4 is 18.0 Å². The SMILES string of the molecule is CC1C(C(=O)O)CCN1C(=O)C/C=C/c1ccc(F)cc1. The molecule has 4 nitrogen and oxygen atoms in total. The van der Waals surface area contributed by atoms with Crippen LogP contribution in [-0.4, -0.2) is 34.5 Å². The largest absolute Gasteiger partial charge is 0.481 e. The average molecular weight is 291 g/mol. The van der Waals surface area contributed by atoms with Crippen LogP contribution in [0.3, 0.4) is 0 Å². The number of amides is 1. The van der Waals surface area contributed by atoms with Crippen molar-refractivity contribution in [1.82, 2.24) is 4.90 Å². The molecule has 0 radical (unpaired) electrons. The Morgan fingerprint density at radius 3 is 2.62 bits per heavy atom. The number of aliphatic carboxylic acids is 1. The van der Waals surface area contributed by atoms with Crippen LogP contribution < -0.4 is 0 Å². The molecule has 1 saturated heterocycles. The Morgan fingerprint density at radius 2 is 2.05 bits per heavy atom. The number of halogens is 1. The second-order valence-electron chi connectivity index (χ2n) is 5.22. The van der Waals surface area contributed by atoms with Gasteiger partial charge in [-0.25, -0.2) is 4.39 Å². The van der Waals surface area contributed by atoms with E-state index < -0.39 is 11.9 Å². The molecule has 5 heteroatoms. The molecule has 1 aliphatic rings. The number of hydrogen-bond donors (Lipinski definition) is 1. The number of benzene rings is 1. The number of carboxylic acids is 1. The molecule has 1 aromatic carbocycles. The molecular weight excluding hydrogens is 273 g/mol. The summed E-state index contributed by atoms with van der Waals surface area (Å²) in [6.07, 6.45) is 4.20. The van der Waals surface area contributed by atoms with E-state index in [0.717, 1.165) is 5.56 Å². The zero-order valence-corrected chi connectivity index (χ0v) is 11.8. The van der Waals surface area contributed by atoms with Gasteiger partial charge in [-0.05, 0) is 31.0 Å². The maximum absolute atomic E-state index is 12.8. The fourth-order valence-corrected chi connectivity index (χ4v) is 2.61. The number of carbonyl (C=O) groups is 2. The fraction of sp³-hybridized carbons (Fsp3) is 0.375. The molecule has 1 N–H and O–H groups in total. The number of hydrogen-bond acceptors (Lipinski definition) is 2. The summed E-state index contributed by atoms with van der Waals surface area (Å²) in [5.41, 5.74) is 0.821. The van der Waals surface area contributed by atoms with Gasteiger partial charge < -0.3 is 10.0 Å². The molecule has 2 atom stereocenters. The molecule has 0 spiro atoms. The summed E-state index contributed by atoms with van der Waals surface area (Å²) >= 11 is 0. The van der Waals surface area contributed by atoms with Crippen LogP contribution in [0.2, 0.25) is 0 Å². The molecule has 2 unspecified atom stereocenters. The Balaban J connectivity index is 1.90. The molecule has 0 aromatic heterocycles. The highest BCUT2D eigenvalue weighted by Crippen LogP contribution is 2.25. The van der Waals surface area contributed by atoms with Crippen molar-refractivity contribution in [2.45, 2.75) is 25.8 Å². The maximum atomic E-state index is 12.8.